The van der Waals surface area contributed by atoms with E-state index in [9.17, 15) is 14.4 Å². The van der Waals surface area contributed by atoms with E-state index in [1.54, 1.807) is 6.08 Å². The van der Waals surface area contributed by atoms with Crippen LogP contribution in [0.25, 0.3) is 0 Å². The average Bonchev–Trinajstić information content (AvgIpc) is 3.37. The quantitative estimate of drug-likeness (QED) is 0.0261. The standard InChI is InChI=1S/C65H110O6/c1-4-7-10-13-16-19-22-25-28-29-30-31-32-33-34-35-38-40-43-46-49-52-55-58-64(67)70-61-62(71-65(68)59-56-53-50-47-44-41-37-27-24-21-18-15-12-9-6-3)60-69-63(66)57-54-51-48-45-42-39-36-26-23-20-17-14-11-8-5-2/h9,12,18,21-22,25,27,29-30,32-33,37,44,47,53,56,62H,4-8,10-11,13-17,19-20,23-24,26,28,31,34-36,38-43,45-46,48-52,54-55,57-61H2,1-3H3/b12-9-,21-18-,25-22-,30-29-,33-32-,37-27-,47-44-,56-53-. The summed E-state index contributed by atoms with van der Waals surface area (Å²) in [5, 5.41) is 0. The van der Waals surface area contributed by atoms with Crippen molar-refractivity contribution in [3.05, 3.63) is 97.2 Å². The first-order valence-corrected chi connectivity index (χ1v) is 29.7. The number of carbonyl (C=O) groups is 3. The molecular weight excluding hydrogens is 877 g/mol. The van der Waals surface area contributed by atoms with E-state index < -0.39 is 12.1 Å². The second kappa shape index (κ2) is 58.9. The summed E-state index contributed by atoms with van der Waals surface area (Å²) in [6.45, 7) is 6.44. The topological polar surface area (TPSA) is 78.9 Å². The van der Waals surface area contributed by atoms with Gasteiger partial charge in [0, 0.05) is 12.8 Å². The predicted molar refractivity (Wildman–Crippen MR) is 307 cm³/mol. The van der Waals surface area contributed by atoms with Crippen LogP contribution >= 0.6 is 0 Å². The molecule has 0 amide bonds. The molecule has 0 N–H and O–H groups in total. The van der Waals surface area contributed by atoms with Gasteiger partial charge >= 0.3 is 17.9 Å². The molecule has 406 valence electrons. The van der Waals surface area contributed by atoms with E-state index in [0.29, 0.717) is 12.8 Å². The third-order valence-corrected chi connectivity index (χ3v) is 12.6. The summed E-state index contributed by atoms with van der Waals surface area (Å²) in [5.41, 5.74) is 0. The third-order valence-electron chi connectivity index (χ3n) is 12.6. The van der Waals surface area contributed by atoms with Gasteiger partial charge in [-0.05, 0) is 83.5 Å². The molecule has 0 rings (SSSR count). The Kier molecular flexibility index (Phi) is 55.9. The minimum atomic E-state index is -0.835. The zero-order chi connectivity index (χ0) is 51.4. The molecule has 0 aromatic rings. The Bertz CT molecular complexity index is 1410. The van der Waals surface area contributed by atoms with E-state index in [4.69, 9.17) is 14.2 Å². The summed E-state index contributed by atoms with van der Waals surface area (Å²) in [6.07, 6.45) is 78.6. The first-order chi connectivity index (χ1) is 35.0. The van der Waals surface area contributed by atoms with Crippen LogP contribution in [0.15, 0.2) is 97.2 Å². The van der Waals surface area contributed by atoms with Gasteiger partial charge < -0.3 is 14.2 Å². The average molecular weight is 988 g/mol. The van der Waals surface area contributed by atoms with Gasteiger partial charge in [-0.1, -0.05) is 272 Å². The van der Waals surface area contributed by atoms with E-state index in [1.165, 1.54) is 148 Å². The summed E-state index contributed by atoms with van der Waals surface area (Å²) >= 11 is 0. The van der Waals surface area contributed by atoms with E-state index in [-0.39, 0.29) is 31.6 Å². The number of hydrogen-bond acceptors (Lipinski definition) is 6. The monoisotopic (exact) mass is 987 g/mol. The largest absolute Gasteiger partial charge is 0.462 e. The number of carbonyl (C=O) groups excluding carboxylic acids is 3. The molecule has 0 aliphatic carbocycles. The van der Waals surface area contributed by atoms with Crippen molar-refractivity contribution < 1.29 is 28.6 Å². The summed E-state index contributed by atoms with van der Waals surface area (Å²) in [5.74, 6) is -1.05. The van der Waals surface area contributed by atoms with Gasteiger partial charge in [0.15, 0.2) is 6.10 Å². The zero-order valence-electron chi connectivity index (χ0n) is 46.5. The maximum absolute atomic E-state index is 12.8. The number of rotatable bonds is 53. The molecule has 0 bridgehead atoms. The smallest absolute Gasteiger partial charge is 0.310 e. The Morgan fingerprint density at radius 1 is 0.310 bits per heavy atom. The highest BCUT2D eigenvalue weighted by Crippen LogP contribution is 2.15. The van der Waals surface area contributed by atoms with E-state index in [1.807, 2.05) is 6.08 Å². The SMILES string of the molecule is CC/C=C\C/C=C\C/C=C\C/C=C\C/C=C\CC(=O)OC(COC(=O)CCCCCCCCCC/C=C\C/C=C\C/C=C\CCCCCCC)COC(=O)CCCCCCCCCCCCCCCCC. The lowest BCUT2D eigenvalue weighted by Crippen LogP contribution is -2.30. The second-order valence-corrected chi connectivity index (χ2v) is 19.5. The lowest BCUT2D eigenvalue weighted by atomic mass is 10.0. The number of esters is 3. The van der Waals surface area contributed by atoms with Crippen molar-refractivity contribution >= 4 is 17.9 Å². The van der Waals surface area contributed by atoms with Gasteiger partial charge in [0.05, 0.1) is 6.42 Å². The molecule has 0 fully saturated rings. The van der Waals surface area contributed by atoms with Crippen molar-refractivity contribution in [3.63, 3.8) is 0 Å². The molecule has 71 heavy (non-hydrogen) atoms. The Labute approximate surface area is 438 Å². The van der Waals surface area contributed by atoms with Gasteiger partial charge in [-0.2, -0.15) is 0 Å². The molecule has 0 aliphatic heterocycles. The molecular formula is C65H110O6. The van der Waals surface area contributed by atoms with Crippen LogP contribution in [0.4, 0.5) is 0 Å². The van der Waals surface area contributed by atoms with Crippen LogP contribution < -0.4 is 0 Å². The molecule has 0 aromatic carbocycles. The highest BCUT2D eigenvalue weighted by Gasteiger charge is 2.19. The van der Waals surface area contributed by atoms with Crippen molar-refractivity contribution in [2.45, 2.75) is 284 Å². The lowest BCUT2D eigenvalue weighted by Gasteiger charge is -2.18. The van der Waals surface area contributed by atoms with Crippen molar-refractivity contribution in [3.8, 4) is 0 Å². The van der Waals surface area contributed by atoms with Crippen molar-refractivity contribution in [1.29, 1.82) is 0 Å². The summed E-state index contributed by atoms with van der Waals surface area (Å²) in [4.78, 5) is 38.1. The van der Waals surface area contributed by atoms with Crippen LogP contribution in [0.5, 0.6) is 0 Å². The fourth-order valence-corrected chi connectivity index (χ4v) is 8.17. The summed E-state index contributed by atoms with van der Waals surface area (Å²) in [6, 6.07) is 0. The van der Waals surface area contributed by atoms with Gasteiger partial charge in [-0.25, -0.2) is 0 Å². The highest BCUT2D eigenvalue weighted by molar-refractivity contribution is 5.72. The molecule has 0 saturated heterocycles. The van der Waals surface area contributed by atoms with E-state index in [0.717, 1.165) is 89.9 Å². The molecule has 0 spiro atoms. The Balaban J connectivity index is 4.44. The molecule has 1 atom stereocenters. The second-order valence-electron chi connectivity index (χ2n) is 19.5. The van der Waals surface area contributed by atoms with Gasteiger partial charge in [0.25, 0.3) is 0 Å². The van der Waals surface area contributed by atoms with Crippen LogP contribution in [-0.2, 0) is 28.6 Å². The lowest BCUT2D eigenvalue weighted by molar-refractivity contribution is -0.166. The minimum Gasteiger partial charge on any atom is -0.462 e. The first kappa shape index (κ1) is 67.3. The van der Waals surface area contributed by atoms with Crippen LogP contribution in [-0.4, -0.2) is 37.2 Å². The van der Waals surface area contributed by atoms with Crippen LogP contribution in [0.3, 0.4) is 0 Å². The van der Waals surface area contributed by atoms with Gasteiger partial charge in [-0.3, -0.25) is 14.4 Å². The zero-order valence-corrected chi connectivity index (χ0v) is 46.5. The normalized spacial score (nSPS) is 12.8. The van der Waals surface area contributed by atoms with Gasteiger partial charge in [0.1, 0.15) is 13.2 Å². The van der Waals surface area contributed by atoms with Crippen LogP contribution in [0.2, 0.25) is 0 Å². The summed E-state index contributed by atoms with van der Waals surface area (Å²) in [7, 11) is 0. The Hall–Kier alpha value is -3.67. The van der Waals surface area contributed by atoms with Crippen LogP contribution in [0.1, 0.15) is 278 Å². The molecule has 6 heteroatoms. The fourth-order valence-electron chi connectivity index (χ4n) is 8.17. The Morgan fingerprint density at radius 3 is 0.930 bits per heavy atom. The molecule has 0 saturated carbocycles. The number of allylic oxidation sites excluding steroid dienone is 15. The number of unbranched alkanes of at least 4 members (excludes halogenated alkanes) is 27. The maximum atomic E-state index is 12.8. The van der Waals surface area contributed by atoms with E-state index >= 15 is 0 Å². The molecule has 0 aliphatic rings. The summed E-state index contributed by atoms with van der Waals surface area (Å²) < 4.78 is 16.8. The predicted octanol–water partition coefficient (Wildman–Crippen LogP) is 20.1. The molecule has 0 radical (unpaired) electrons. The van der Waals surface area contributed by atoms with Crippen molar-refractivity contribution in [1.82, 2.24) is 0 Å². The number of hydrogen-bond donors (Lipinski definition) is 0. The highest BCUT2D eigenvalue weighted by atomic mass is 16.6. The van der Waals surface area contributed by atoms with Crippen molar-refractivity contribution in [2.24, 2.45) is 0 Å². The fraction of sp³-hybridized carbons (Fsp3) is 0.708. The van der Waals surface area contributed by atoms with E-state index in [2.05, 4.69) is 106 Å². The Morgan fingerprint density at radius 2 is 0.592 bits per heavy atom. The van der Waals surface area contributed by atoms with Gasteiger partial charge in [0.2, 0.25) is 0 Å². The first-order valence-electron chi connectivity index (χ1n) is 29.7. The van der Waals surface area contributed by atoms with Crippen LogP contribution in [0, 0.1) is 0 Å². The maximum Gasteiger partial charge on any atom is 0.310 e. The number of ether oxygens (including phenoxy) is 3. The molecule has 1 unspecified atom stereocenters. The molecule has 0 heterocycles. The minimum absolute atomic E-state index is 0.0950. The molecule has 0 aromatic heterocycles. The third kappa shape index (κ3) is 57.1. The van der Waals surface area contributed by atoms with Gasteiger partial charge in [-0.15, -0.1) is 0 Å². The molecule has 6 nitrogen and oxygen atoms in total. The van der Waals surface area contributed by atoms with Crippen molar-refractivity contribution in [2.75, 3.05) is 13.2 Å².